The van der Waals surface area contributed by atoms with Gasteiger partial charge in [0, 0.05) is 14.5 Å². The van der Waals surface area contributed by atoms with Crippen LogP contribution < -0.4 is 10.4 Å². The second-order valence-corrected chi connectivity index (χ2v) is 14.2. The molecule has 0 saturated carbocycles. The lowest BCUT2D eigenvalue weighted by Gasteiger charge is -2.26. The topological polar surface area (TPSA) is 34.1 Å². The third-order valence-electron chi connectivity index (χ3n) is 5.22. The molecular formula is C18H20O2SSi2. The van der Waals surface area contributed by atoms with Crippen molar-refractivity contribution in [1.29, 1.82) is 0 Å². The predicted octanol–water partition coefficient (Wildman–Crippen LogP) is 2.50. The first-order chi connectivity index (χ1) is 11.0. The third-order valence-corrected chi connectivity index (χ3v) is 12.7. The SMILES string of the molecule is C[Si]1CCS(=O)(=O)C(c2ccc3c(c2)-c2ccccc2[Si]3C)C1. The fraction of sp³-hybridized carbons (Fsp3) is 0.333. The van der Waals surface area contributed by atoms with E-state index >= 15 is 0 Å². The van der Waals surface area contributed by atoms with E-state index in [1.807, 2.05) is 0 Å². The molecule has 2 radical (unpaired) electrons. The zero-order chi connectivity index (χ0) is 16.2. The van der Waals surface area contributed by atoms with Gasteiger partial charge in [-0.25, -0.2) is 8.42 Å². The molecule has 2 aliphatic heterocycles. The summed E-state index contributed by atoms with van der Waals surface area (Å²) in [7, 11) is -4.20. The molecule has 2 aliphatic rings. The first kappa shape index (κ1) is 15.4. The molecule has 1 fully saturated rings. The summed E-state index contributed by atoms with van der Waals surface area (Å²) in [6.07, 6.45) is 0. The number of fused-ring (bicyclic) bond motifs is 3. The van der Waals surface area contributed by atoms with Crippen LogP contribution in [-0.2, 0) is 9.84 Å². The zero-order valence-corrected chi connectivity index (χ0v) is 16.3. The lowest BCUT2D eigenvalue weighted by Crippen LogP contribution is -2.34. The molecule has 2 aromatic carbocycles. The van der Waals surface area contributed by atoms with E-state index in [4.69, 9.17) is 0 Å². The number of rotatable bonds is 1. The number of benzene rings is 2. The van der Waals surface area contributed by atoms with Crippen LogP contribution >= 0.6 is 0 Å². The molecule has 0 bridgehead atoms. The molecule has 1 unspecified atom stereocenters. The average Bonchev–Trinajstić information content (AvgIpc) is 2.83. The van der Waals surface area contributed by atoms with Crippen molar-refractivity contribution in [2.45, 2.75) is 30.4 Å². The highest BCUT2D eigenvalue weighted by Crippen LogP contribution is 2.36. The van der Waals surface area contributed by atoms with Crippen LogP contribution in [0.5, 0.6) is 0 Å². The molecule has 118 valence electrons. The van der Waals surface area contributed by atoms with Gasteiger partial charge in [0.25, 0.3) is 0 Å². The Morgan fingerprint density at radius 2 is 1.74 bits per heavy atom. The van der Waals surface area contributed by atoms with Crippen LogP contribution in [0.1, 0.15) is 10.8 Å². The minimum absolute atomic E-state index is 0.277. The number of hydrogen-bond donors (Lipinski definition) is 0. The highest BCUT2D eigenvalue weighted by atomic mass is 32.2. The van der Waals surface area contributed by atoms with Crippen molar-refractivity contribution < 1.29 is 8.42 Å². The Bertz CT molecular complexity index is 876. The summed E-state index contributed by atoms with van der Waals surface area (Å²) in [4.78, 5) is 0. The largest absolute Gasteiger partial charge is 0.228 e. The summed E-state index contributed by atoms with van der Waals surface area (Å²) in [6, 6.07) is 16.8. The first-order valence-corrected chi connectivity index (χ1v) is 14.2. The second kappa shape index (κ2) is 5.43. The lowest BCUT2D eigenvalue weighted by molar-refractivity contribution is 0.584. The molecule has 5 heteroatoms. The minimum atomic E-state index is -2.98. The molecule has 1 atom stereocenters. The van der Waals surface area contributed by atoms with Crippen molar-refractivity contribution in [3.05, 3.63) is 48.0 Å². The maximum atomic E-state index is 12.6. The Labute approximate surface area is 141 Å². The predicted molar refractivity (Wildman–Crippen MR) is 101 cm³/mol. The average molecular weight is 357 g/mol. The molecule has 0 spiro atoms. The van der Waals surface area contributed by atoms with Gasteiger partial charge < -0.3 is 0 Å². The van der Waals surface area contributed by atoms with Gasteiger partial charge in [-0.1, -0.05) is 49.5 Å². The van der Waals surface area contributed by atoms with E-state index in [9.17, 15) is 8.42 Å². The monoisotopic (exact) mass is 356 g/mol. The van der Waals surface area contributed by atoms with Crippen LogP contribution in [0, 0.1) is 0 Å². The smallest absolute Gasteiger partial charge is 0.156 e. The molecule has 23 heavy (non-hydrogen) atoms. The van der Waals surface area contributed by atoms with E-state index < -0.39 is 27.4 Å². The van der Waals surface area contributed by atoms with Gasteiger partial charge in [0.15, 0.2) is 9.84 Å². The molecule has 2 heterocycles. The Balaban J connectivity index is 1.83. The van der Waals surface area contributed by atoms with Crippen LogP contribution in [-0.4, -0.2) is 31.8 Å². The van der Waals surface area contributed by atoms with Crippen molar-refractivity contribution in [3.63, 3.8) is 0 Å². The van der Waals surface area contributed by atoms with Gasteiger partial charge in [0.2, 0.25) is 0 Å². The van der Waals surface area contributed by atoms with Crippen LogP contribution in [0.15, 0.2) is 42.5 Å². The molecule has 0 N–H and O–H groups in total. The van der Waals surface area contributed by atoms with E-state index in [1.165, 1.54) is 21.5 Å². The summed E-state index contributed by atoms with van der Waals surface area (Å²) >= 11 is 0. The molecular weight excluding hydrogens is 336 g/mol. The van der Waals surface area contributed by atoms with Crippen molar-refractivity contribution in [1.82, 2.24) is 0 Å². The van der Waals surface area contributed by atoms with E-state index in [0.717, 1.165) is 17.7 Å². The summed E-state index contributed by atoms with van der Waals surface area (Å²) < 4.78 is 25.1. The van der Waals surface area contributed by atoms with Crippen molar-refractivity contribution in [3.8, 4) is 11.1 Å². The Morgan fingerprint density at radius 1 is 1.00 bits per heavy atom. The molecule has 0 amide bonds. The van der Waals surface area contributed by atoms with E-state index in [-0.39, 0.29) is 5.25 Å². The lowest BCUT2D eigenvalue weighted by atomic mass is 10.0. The van der Waals surface area contributed by atoms with Gasteiger partial charge in [0.05, 0.1) is 5.25 Å². The van der Waals surface area contributed by atoms with Gasteiger partial charge in [0.1, 0.15) is 8.80 Å². The van der Waals surface area contributed by atoms with E-state index in [2.05, 4.69) is 55.6 Å². The quantitative estimate of drug-likeness (QED) is 0.736. The molecule has 2 aromatic rings. The standard InChI is InChI=1S/C18H20O2SSi2/c1-22-10-9-21(19,20)16(12-22)13-7-8-18-15(11-13)14-5-3-4-6-17(14)23(18)2/h3-8,11,16H,9-10,12H2,1-2H3. The van der Waals surface area contributed by atoms with Crippen LogP contribution in [0.3, 0.4) is 0 Å². The summed E-state index contributed by atoms with van der Waals surface area (Å²) in [5, 5.41) is 2.60. The maximum absolute atomic E-state index is 12.6. The minimum Gasteiger partial charge on any atom is -0.228 e. The number of sulfone groups is 1. The fourth-order valence-corrected chi connectivity index (χ4v) is 12.4. The van der Waals surface area contributed by atoms with Crippen LogP contribution in [0.4, 0.5) is 0 Å². The highest BCUT2D eigenvalue weighted by Gasteiger charge is 2.35. The van der Waals surface area contributed by atoms with Crippen molar-refractivity contribution in [2.24, 2.45) is 0 Å². The Hall–Kier alpha value is -1.18. The van der Waals surface area contributed by atoms with E-state index in [0.29, 0.717) is 5.75 Å². The third kappa shape index (κ3) is 2.45. The van der Waals surface area contributed by atoms with Gasteiger partial charge in [-0.2, -0.15) is 0 Å². The fourth-order valence-electron chi connectivity index (χ4n) is 3.83. The van der Waals surface area contributed by atoms with Gasteiger partial charge in [-0.05, 0) is 45.2 Å². The van der Waals surface area contributed by atoms with Crippen molar-refractivity contribution in [2.75, 3.05) is 5.75 Å². The second-order valence-electron chi connectivity index (χ2n) is 6.74. The van der Waals surface area contributed by atoms with Crippen LogP contribution in [0.25, 0.3) is 11.1 Å². The Morgan fingerprint density at radius 3 is 2.57 bits per heavy atom. The zero-order valence-electron chi connectivity index (χ0n) is 13.5. The number of hydrogen-bond acceptors (Lipinski definition) is 2. The van der Waals surface area contributed by atoms with Crippen molar-refractivity contribution >= 4 is 37.8 Å². The van der Waals surface area contributed by atoms with Crippen LogP contribution in [0.2, 0.25) is 25.2 Å². The first-order valence-electron chi connectivity index (χ1n) is 8.08. The summed E-state index contributed by atoms with van der Waals surface area (Å²) in [6.45, 7) is 4.60. The molecule has 0 aromatic heterocycles. The van der Waals surface area contributed by atoms with E-state index in [1.54, 1.807) is 0 Å². The molecule has 2 nitrogen and oxygen atoms in total. The summed E-state index contributed by atoms with van der Waals surface area (Å²) in [5.74, 6) is 0.374. The molecule has 4 rings (SSSR count). The Kier molecular flexibility index (Phi) is 3.63. The normalized spacial score (nSPS) is 23.5. The van der Waals surface area contributed by atoms with Gasteiger partial charge >= 0.3 is 0 Å². The molecule has 0 aliphatic carbocycles. The maximum Gasteiger partial charge on any atom is 0.156 e. The van der Waals surface area contributed by atoms with Gasteiger partial charge in [-0.15, -0.1) is 0 Å². The summed E-state index contributed by atoms with van der Waals surface area (Å²) in [5.41, 5.74) is 3.61. The molecule has 1 saturated heterocycles. The van der Waals surface area contributed by atoms with Gasteiger partial charge in [-0.3, -0.25) is 0 Å². The highest BCUT2D eigenvalue weighted by molar-refractivity contribution is 7.92.